The number of aliphatic imine (C=N–C) groups is 1. The number of rotatable bonds is 18. The third-order valence-corrected chi connectivity index (χ3v) is 5.32. The van der Waals surface area contributed by atoms with Gasteiger partial charge in [0, 0.05) is 18.7 Å². The third kappa shape index (κ3) is 14.2. The number of guanidine groups is 1. The zero-order chi connectivity index (χ0) is 29.4. The highest BCUT2D eigenvalue weighted by molar-refractivity contribution is 7.80. The lowest BCUT2D eigenvalue weighted by Gasteiger charge is -2.22. The lowest BCUT2D eigenvalue weighted by Crippen LogP contribution is -2.56. The van der Waals surface area contributed by atoms with E-state index in [1.807, 2.05) is 0 Å². The van der Waals surface area contributed by atoms with Gasteiger partial charge in [-0.3, -0.25) is 29.0 Å². The molecule has 0 spiro atoms. The quantitative estimate of drug-likeness (QED) is 0.0323. The topological polar surface area (TPSA) is 307 Å². The van der Waals surface area contributed by atoms with Crippen molar-refractivity contribution in [3.05, 3.63) is 0 Å². The Hall–Kier alpha value is -3.64. The van der Waals surface area contributed by atoms with Gasteiger partial charge in [-0.05, 0) is 26.2 Å². The molecular formula is C20H37N9O8S. The van der Waals surface area contributed by atoms with E-state index in [9.17, 15) is 39.0 Å². The van der Waals surface area contributed by atoms with Gasteiger partial charge < -0.3 is 54.4 Å². The van der Waals surface area contributed by atoms with Gasteiger partial charge in [0.05, 0.1) is 12.6 Å². The molecule has 0 unspecified atom stereocenters. The maximum atomic E-state index is 12.5. The van der Waals surface area contributed by atoms with Crippen molar-refractivity contribution in [3.8, 4) is 0 Å². The summed E-state index contributed by atoms with van der Waals surface area (Å²) in [4.78, 5) is 75.7. The number of carbonyl (C=O) groups is 6. The number of amides is 5. The first-order chi connectivity index (χ1) is 17.7. The van der Waals surface area contributed by atoms with Crippen LogP contribution < -0.4 is 44.2 Å². The Morgan fingerprint density at radius 3 is 2.00 bits per heavy atom. The highest BCUT2D eigenvalue weighted by atomic mass is 32.1. The highest BCUT2D eigenvalue weighted by Crippen LogP contribution is 2.02. The van der Waals surface area contributed by atoms with Gasteiger partial charge in [-0.1, -0.05) is 0 Å². The molecule has 0 heterocycles. The fraction of sp³-hybridized carbons (Fsp3) is 0.650. The number of nitrogens with zero attached hydrogens (tertiary/aromatic N) is 1. The first kappa shape index (κ1) is 34.4. The summed E-state index contributed by atoms with van der Waals surface area (Å²) in [5, 5.41) is 27.9. The van der Waals surface area contributed by atoms with E-state index in [-0.39, 0.29) is 43.9 Å². The number of hydrogen-bond donors (Lipinski definition) is 11. The molecule has 0 aromatic heterocycles. The second-order valence-electron chi connectivity index (χ2n) is 8.20. The number of carbonyl (C=O) groups excluding carboxylic acids is 5. The number of aliphatic hydroxyl groups excluding tert-OH is 1. The minimum Gasteiger partial charge on any atom is -0.480 e. The Morgan fingerprint density at radius 1 is 0.895 bits per heavy atom. The smallest absolute Gasteiger partial charge is 0.326 e. The van der Waals surface area contributed by atoms with Crippen LogP contribution in [0.15, 0.2) is 4.99 Å². The molecule has 0 fully saturated rings. The van der Waals surface area contributed by atoms with Crippen molar-refractivity contribution in [2.75, 3.05) is 18.8 Å². The van der Waals surface area contributed by atoms with Crippen LogP contribution in [0.5, 0.6) is 0 Å². The molecule has 0 aromatic rings. The molecule has 0 saturated heterocycles. The number of aliphatic hydroxyl groups is 1. The monoisotopic (exact) mass is 563 g/mol. The van der Waals surface area contributed by atoms with E-state index in [0.29, 0.717) is 0 Å². The molecule has 18 heteroatoms. The molecule has 0 saturated carbocycles. The van der Waals surface area contributed by atoms with E-state index in [4.69, 9.17) is 22.9 Å². The predicted molar refractivity (Wildman–Crippen MR) is 138 cm³/mol. The van der Waals surface area contributed by atoms with Gasteiger partial charge in [0.25, 0.3) is 0 Å². The minimum absolute atomic E-state index is 0.0122. The predicted octanol–water partition coefficient (Wildman–Crippen LogP) is -5.40. The number of aliphatic carboxylic acids is 1. The Labute approximate surface area is 224 Å². The van der Waals surface area contributed by atoms with E-state index in [1.54, 1.807) is 0 Å². The van der Waals surface area contributed by atoms with E-state index in [0.717, 1.165) is 0 Å². The Bertz CT molecular complexity index is 883. The number of nitrogens with one attached hydrogen (secondary N) is 4. The van der Waals surface area contributed by atoms with Crippen LogP contribution in [-0.4, -0.2) is 101 Å². The number of nitrogens with two attached hydrogens (primary N) is 4. The molecule has 0 radical (unpaired) electrons. The molecule has 17 nitrogen and oxygen atoms in total. The largest absolute Gasteiger partial charge is 0.480 e. The molecule has 216 valence electrons. The number of thiol groups is 1. The molecule has 0 aliphatic rings. The van der Waals surface area contributed by atoms with Crippen LogP contribution in [0.2, 0.25) is 0 Å². The van der Waals surface area contributed by atoms with Crippen molar-refractivity contribution in [2.45, 2.75) is 62.9 Å². The molecule has 5 atom stereocenters. The maximum Gasteiger partial charge on any atom is 0.326 e. The summed E-state index contributed by atoms with van der Waals surface area (Å²) in [6.45, 7) is 0.787. The van der Waals surface area contributed by atoms with Gasteiger partial charge in [-0.15, -0.1) is 0 Å². The van der Waals surface area contributed by atoms with Crippen molar-refractivity contribution in [2.24, 2.45) is 27.9 Å². The number of carboxylic acids is 1. The Morgan fingerprint density at radius 2 is 1.50 bits per heavy atom. The summed E-state index contributed by atoms with van der Waals surface area (Å²) in [6, 6.07) is -5.17. The van der Waals surface area contributed by atoms with E-state index in [1.165, 1.54) is 6.92 Å². The highest BCUT2D eigenvalue weighted by Gasteiger charge is 2.28. The lowest BCUT2D eigenvalue weighted by molar-refractivity contribution is -0.142. The minimum atomic E-state index is -1.35. The first-order valence-corrected chi connectivity index (χ1v) is 12.1. The van der Waals surface area contributed by atoms with Crippen LogP contribution in [-0.2, 0) is 28.8 Å². The summed E-state index contributed by atoms with van der Waals surface area (Å²) in [7, 11) is 0. The summed E-state index contributed by atoms with van der Waals surface area (Å²) in [5.74, 6) is -5.78. The Balaban J connectivity index is 5.03. The van der Waals surface area contributed by atoms with Gasteiger partial charge in [0.15, 0.2) is 5.96 Å². The third-order valence-electron chi connectivity index (χ3n) is 4.95. The molecule has 14 N–H and O–H groups in total. The average molecular weight is 564 g/mol. The van der Waals surface area contributed by atoms with Crippen molar-refractivity contribution in [3.63, 3.8) is 0 Å². The summed E-state index contributed by atoms with van der Waals surface area (Å²) >= 11 is 3.99. The van der Waals surface area contributed by atoms with Gasteiger partial charge in [0.1, 0.15) is 24.2 Å². The van der Waals surface area contributed by atoms with Crippen LogP contribution in [0.3, 0.4) is 0 Å². The lowest BCUT2D eigenvalue weighted by atomic mass is 10.1. The van der Waals surface area contributed by atoms with Crippen LogP contribution >= 0.6 is 12.6 Å². The normalized spacial score (nSPS) is 14.5. The zero-order valence-corrected chi connectivity index (χ0v) is 21.8. The number of primary amides is 1. The number of hydrogen-bond acceptors (Lipinski definition) is 10. The second-order valence-corrected chi connectivity index (χ2v) is 8.57. The van der Waals surface area contributed by atoms with Crippen LogP contribution in [0.25, 0.3) is 0 Å². The van der Waals surface area contributed by atoms with E-state index < -0.39 is 72.3 Å². The van der Waals surface area contributed by atoms with Crippen molar-refractivity contribution in [1.29, 1.82) is 0 Å². The SMILES string of the molecule is C[C@@H](O)[C@H](N)C(=O)N[C@@H](CCC(N)=O)C(=O)NCC(=O)N[C@@H](CS)C(=O)N[C@@H](CCCN=C(N)N)C(=O)O. The molecule has 0 aliphatic carbocycles. The summed E-state index contributed by atoms with van der Waals surface area (Å²) in [5.41, 5.74) is 21.0. The van der Waals surface area contributed by atoms with Gasteiger partial charge in [-0.25, -0.2) is 4.79 Å². The standard InChI is InChI=1S/C20H37N9O8S/c1-9(30)15(22)18(35)28-10(4-5-13(21)31)16(33)26-7-14(32)27-12(8-38)17(34)29-11(19(36)37)3-2-6-25-20(23)24/h9-12,15,30,38H,2-8,22H2,1H3,(H2,21,31)(H,26,33)(H,27,32)(H,28,35)(H,29,34)(H,36,37)(H4,23,24,25)/t9-,10+,11+,12+,15+/m1/s1. The molecule has 38 heavy (non-hydrogen) atoms. The molecule has 0 bridgehead atoms. The molecule has 0 rings (SSSR count). The van der Waals surface area contributed by atoms with E-state index >= 15 is 0 Å². The van der Waals surface area contributed by atoms with E-state index in [2.05, 4.69) is 38.9 Å². The van der Waals surface area contributed by atoms with Crippen LogP contribution in [0.1, 0.15) is 32.6 Å². The van der Waals surface area contributed by atoms with Crippen molar-refractivity contribution in [1.82, 2.24) is 21.3 Å². The number of carboxylic acid groups (broad SMARTS) is 1. The maximum absolute atomic E-state index is 12.5. The molecular weight excluding hydrogens is 526 g/mol. The molecule has 5 amide bonds. The zero-order valence-electron chi connectivity index (χ0n) is 20.9. The fourth-order valence-electron chi connectivity index (χ4n) is 2.81. The summed E-state index contributed by atoms with van der Waals surface area (Å²) < 4.78 is 0. The van der Waals surface area contributed by atoms with Crippen LogP contribution in [0.4, 0.5) is 0 Å². The second kappa shape index (κ2) is 17.8. The van der Waals surface area contributed by atoms with Crippen molar-refractivity contribution < 1.29 is 39.0 Å². The average Bonchev–Trinajstić information content (AvgIpc) is 2.83. The van der Waals surface area contributed by atoms with Gasteiger partial charge in [-0.2, -0.15) is 12.6 Å². The van der Waals surface area contributed by atoms with Crippen molar-refractivity contribution >= 4 is 54.1 Å². The fourth-order valence-corrected chi connectivity index (χ4v) is 3.06. The van der Waals surface area contributed by atoms with Gasteiger partial charge >= 0.3 is 5.97 Å². The first-order valence-electron chi connectivity index (χ1n) is 11.5. The van der Waals surface area contributed by atoms with Gasteiger partial charge in [0.2, 0.25) is 29.5 Å². The summed E-state index contributed by atoms with van der Waals surface area (Å²) in [6.07, 6.45) is -1.42. The molecule has 0 aromatic carbocycles. The van der Waals surface area contributed by atoms with Crippen LogP contribution in [0, 0.1) is 0 Å². The molecule has 0 aliphatic heterocycles. The Kier molecular flexibility index (Phi) is 16.1.